The number of allylic oxidation sites excluding steroid dienone is 1. The van der Waals surface area contributed by atoms with Crippen LogP contribution < -0.4 is 10.6 Å². The van der Waals surface area contributed by atoms with E-state index in [1.54, 1.807) is 0 Å². The van der Waals surface area contributed by atoms with Crippen LogP contribution in [0.15, 0.2) is 17.6 Å². The molecule has 0 spiro atoms. The molecule has 0 saturated heterocycles. The van der Waals surface area contributed by atoms with Gasteiger partial charge in [0.2, 0.25) is 5.91 Å². The molecular formula is C18H34N4O. The molecule has 0 aromatic heterocycles. The molecule has 0 aromatic rings. The first kappa shape index (κ1) is 19.5. The Hall–Kier alpha value is -1.52. The fourth-order valence-corrected chi connectivity index (χ4v) is 2.86. The lowest BCUT2D eigenvalue weighted by Crippen LogP contribution is -2.40. The van der Waals surface area contributed by atoms with Crippen LogP contribution in [0, 0.1) is 0 Å². The van der Waals surface area contributed by atoms with Gasteiger partial charge < -0.3 is 15.5 Å². The van der Waals surface area contributed by atoms with Crippen LogP contribution >= 0.6 is 0 Å². The number of hydrogen-bond acceptors (Lipinski definition) is 2. The van der Waals surface area contributed by atoms with Crippen LogP contribution in [0.3, 0.4) is 0 Å². The zero-order chi connectivity index (χ0) is 16.9. The summed E-state index contributed by atoms with van der Waals surface area (Å²) in [5.74, 6) is 1.01. The number of rotatable bonds is 9. The molecule has 0 heterocycles. The van der Waals surface area contributed by atoms with Gasteiger partial charge in [0.15, 0.2) is 5.96 Å². The lowest BCUT2D eigenvalue weighted by Gasteiger charge is -2.23. The summed E-state index contributed by atoms with van der Waals surface area (Å²) in [6.07, 6.45) is 10.5. The highest BCUT2D eigenvalue weighted by atomic mass is 16.1. The van der Waals surface area contributed by atoms with Gasteiger partial charge >= 0.3 is 0 Å². The highest BCUT2D eigenvalue weighted by Crippen LogP contribution is 2.17. The molecule has 0 unspecified atom stereocenters. The minimum absolute atomic E-state index is 0.130. The topological polar surface area (TPSA) is 56.7 Å². The third kappa shape index (κ3) is 8.62. The normalized spacial score (nSPS) is 16.0. The molecule has 0 bridgehead atoms. The number of hydrogen-bond donors (Lipinski definition) is 2. The van der Waals surface area contributed by atoms with Gasteiger partial charge in [-0.15, -0.1) is 6.58 Å². The fraction of sp³-hybridized carbons (Fsp3) is 0.778. The number of amides is 1. The summed E-state index contributed by atoms with van der Waals surface area (Å²) in [5.41, 5.74) is 0. The van der Waals surface area contributed by atoms with Crippen molar-refractivity contribution < 1.29 is 4.79 Å². The van der Waals surface area contributed by atoms with E-state index in [4.69, 9.17) is 0 Å². The van der Waals surface area contributed by atoms with Crippen LogP contribution in [0.1, 0.15) is 58.3 Å². The summed E-state index contributed by atoms with van der Waals surface area (Å²) >= 11 is 0. The van der Waals surface area contributed by atoms with Gasteiger partial charge in [0.1, 0.15) is 0 Å². The minimum atomic E-state index is 0.130. The van der Waals surface area contributed by atoms with Gasteiger partial charge in [-0.3, -0.25) is 9.79 Å². The standard InChI is InChI=1S/C18H34N4O/c1-4-6-10-15-22(3)18(19-5-2)20-14-13-17(23)21-16-11-8-7-9-12-16/h4,16H,1,5-15H2,2-3H3,(H,19,20)(H,21,23). The van der Waals surface area contributed by atoms with E-state index in [1.807, 2.05) is 13.1 Å². The van der Waals surface area contributed by atoms with Crippen LogP contribution in [0.4, 0.5) is 0 Å². The number of guanidine groups is 1. The van der Waals surface area contributed by atoms with Crippen molar-refractivity contribution in [3.05, 3.63) is 12.7 Å². The fourth-order valence-electron chi connectivity index (χ4n) is 2.86. The van der Waals surface area contributed by atoms with Crippen molar-refractivity contribution in [1.29, 1.82) is 0 Å². The second-order valence-corrected chi connectivity index (χ2v) is 6.24. The van der Waals surface area contributed by atoms with E-state index in [0.717, 1.165) is 44.7 Å². The van der Waals surface area contributed by atoms with Gasteiger partial charge in [0.05, 0.1) is 6.54 Å². The molecule has 23 heavy (non-hydrogen) atoms. The molecule has 1 amide bonds. The van der Waals surface area contributed by atoms with E-state index in [0.29, 0.717) is 19.0 Å². The summed E-state index contributed by atoms with van der Waals surface area (Å²) in [6.45, 7) is 8.11. The Morgan fingerprint density at radius 2 is 2.09 bits per heavy atom. The highest BCUT2D eigenvalue weighted by molar-refractivity contribution is 5.80. The van der Waals surface area contributed by atoms with Gasteiger partial charge in [-0.1, -0.05) is 25.3 Å². The van der Waals surface area contributed by atoms with E-state index in [2.05, 4.69) is 34.0 Å². The zero-order valence-corrected chi connectivity index (χ0v) is 14.9. The molecule has 1 saturated carbocycles. The van der Waals surface area contributed by atoms with Gasteiger partial charge in [-0.2, -0.15) is 0 Å². The predicted octanol–water partition coefficient (Wildman–Crippen LogP) is 2.69. The maximum Gasteiger partial charge on any atom is 0.222 e. The second kappa shape index (κ2) is 12.0. The van der Waals surface area contributed by atoms with Gasteiger partial charge in [0, 0.05) is 32.6 Å². The number of nitrogens with zero attached hydrogens (tertiary/aromatic N) is 2. The number of unbranched alkanes of at least 4 members (excludes halogenated alkanes) is 1. The molecule has 1 aliphatic rings. The van der Waals surface area contributed by atoms with Crippen molar-refractivity contribution in [2.75, 3.05) is 26.7 Å². The molecule has 0 atom stereocenters. The molecule has 2 N–H and O–H groups in total. The molecule has 0 aromatic carbocycles. The predicted molar refractivity (Wildman–Crippen MR) is 97.7 cm³/mol. The maximum absolute atomic E-state index is 12.0. The van der Waals surface area contributed by atoms with E-state index in [1.165, 1.54) is 19.3 Å². The Balaban J connectivity index is 2.33. The number of nitrogens with one attached hydrogen (secondary N) is 2. The third-order valence-electron chi connectivity index (χ3n) is 4.17. The maximum atomic E-state index is 12.0. The Morgan fingerprint density at radius 1 is 1.35 bits per heavy atom. The molecular weight excluding hydrogens is 288 g/mol. The number of aliphatic imine (C=N–C) groups is 1. The zero-order valence-electron chi connectivity index (χ0n) is 14.9. The lowest BCUT2D eigenvalue weighted by atomic mass is 9.95. The van der Waals surface area contributed by atoms with Crippen molar-refractivity contribution in [2.45, 2.75) is 64.3 Å². The Bertz CT molecular complexity index is 375. The van der Waals surface area contributed by atoms with Crippen molar-refractivity contribution in [1.82, 2.24) is 15.5 Å². The average Bonchev–Trinajstić information content (AvgIpc) is 2.55. The Kier molecular flexibility index (Phi) is 10.2. The van der Waals surface area contributed by atoms with E-state index in [-0.39, 0.29) is 5.91 Å². The summed E-state index contributed by atoms with van der Waals surface area (Å²) in [7, 11) is 2.03. The number of carbonyl (C=O) groups excluding carboxylic acids is 1. The molecule has 0 aliphatic heterocycles. The van der Waals surface area contributed by atoms with E-state index < -0.39 is 0 Å². The van der Waals surface area contributed by atoms with Gasteiger partial charge in [0.25, 0.3) is 0 Å². The summed E-state index contributed by atoms with van der Waals surface area (Å²) < 4.78 is 0. The average molecular weight is 322 g/mol. The van der Waals surface area contributed by atoms with Crippen molar-refractivity contribution in [3.8, 4) is 0 Å². The first-order valence-corrected chi connectivity index (χ1v) is 9.07. The van der Waals surface area contributed by atoms with Crippen molar-refractivity contribution in [3.63, 3.8) is 0 Å². The first-order valence-electron chi connectivity index (χ1n) is 9.07. The monoisotopic (exact) mass is 322 g/mol. The quantitative estimate of drug-likeness (QED) is 0.297. The SMILES string of the molecule is C=CCCCN(C)C(=NCCC(=O)NC1CCCCC1)NCC. The molecule has 1 aliphatic carbocycles. The Labute approximate surface area is 141 Å². The summed E-state index contributed by atoms with van der Waals surface area (Å²) in [6, 6.07) is 0.384. The van der Waals surface area contributed by atoms with Crippen LogP contribution in [0.25, 0.3) is 0 Å². The van der Waals surface area contributed by atoms with Gasteiger partial charge in [-0.25, -0.2) is 0 Å². The first-order chi connectivity index (χ1) is 11.2. The summed E-state index contributed by atoms with van der Waals surface area (Å²) in [4.78, 5) is 18.7. The second-order valence-electron chi connectivity index (χ2n) is 6.24. The van der Waals surface area contributed by atoms with Crippen LogP contribution in [0.5, 0.6) is 0 Å². The number of carbonyl (C=O) groups is 1. The van der Waals surface area contributed by atoms with Gasteiger partial charge in [-0.05, 0) is 32.6 Å². The smallest absolute Gasteiger partial charge is 0.222 e. The molecule has 5 nitrogen and oxygen atoms in total. The minimum Gasteiger partial charge on any atom is -0.357 e. The molecule has 1 rings (SSSR count). The van der Waals surface area contributed by atoms with E-state index >= 15 is 0 Å². The van der Waals surface area contributed by atoms with Crippen LogP contribution in [-0.2, 0) is 4.79 Å². The lowest BCUT2D eigenvalue weighted by molar-refractivity contribution is -0.121. The van der Waals surface area contributed by atoms with E-state index in [9.17, 15) is 4.79 Å². The van der Waals surface area contributed by atoms with Crippen LogP contribution in [-0.4, -0.2) is 49.5 Å². The van der Waals surface area contributed by atoms with Crippen molar-refractivity contribution >= 4 is 11.9 Å². The van der Waals surface area contributed by atoms with Crippen molar-refractivity contribution in [2.24, 2.45) is 4.99 Å². The molecule has 0 radical (unpaired) electrons. The molecule has 5 heteroatoms. The van der Waals surface area contributed by atoms with Crippen LogP contribution in [0.2, 0.25) is 0 Å². The summed E-state index contributed by atoms with van der Waals surface area (Å²) in [5, 5.41) is 6.43. The third-order valence-corrected chi connectivity index (χ3v) is 4.17. The molecule has 132 valence electrons. The Morgan fingerprint density at radius 3 is 2.74 bits per heavy atom. The molecule has 1 fully saturated rings. The highest BCUT2D eigenvalue weighted by Gasteiger charge is 2.15. The largest absolute Gasteiger partial charge is 0.357 e.